The van der Waals surface area contributed by atoms with Crippen molar-refractivity contribution in [3.63, 3.8) is 0 Å². The van der Waals surface area contributed by atoms with Gasteiger partial charge in [0.1, 0.15) is 6.54 Å². The van der Waals surface area contributed by atoms with Crippen LogP contribution in [0.5, 0.6) is 0 Å². The maximum absolute atomic E-state index is 11.3. The molecule has 1 aromatic heterocycles. The molecule has 7 heteroatoms. The van der Waals surface area contributed by atoms with Gasteiger partial charge in [0.2, 0.25) is 5.91 Å². The maximum atomic E-state index is 11.3. The van der Waals surface area contributed by atoms with E-state index in [9.17, 15) is 14.4 Å². The van der Waals surface area contributed by atoms with Gasteiger partial charge in [-0.05, 0) is 0 Å². The van der Waals surface area contributed by atoms with Crippen molar-refractivity contribution in [2.75, 3.05) is 6.54 Å². The highest BCUT2D eigenvalue weighted by Crippen LogP contribution is 1.96. The second-order valence-corrected chi connectivity index (χ2v) is 4.15. The van der Waals surface area contributed by atoms with Crippen molar-refractivity contribution in [1.82, 2.24) is 14.9 Å². The summed E-state index contributed by atoms with van der Waals surface area (Å²) in [6.45, 7) is 3.69. The molecule has 1 aromatic rings. The van der Waals surface area contributed by atoms with E-state index in [2.05, 4.69) is 32.8 Å². The minimum atomic E-state index is -0.611. The molecule has 0 aromatic carbocycles. The van der Waals surface area contributed by atoms with Gasteiger partial charge in [-0.15, -0.1) is 0 Å². The highest BCUT2D eigenvalue weighted by atomic mass is 79.9. The van der Waals surface area contributed by atoms with Crippen molar-refractivity contribution in [1.29, 1.82) is 0 Å². The topological polar surface area (TPSA) is 84.0 Å². The summed E-state index contributed by atoms with van der Waals surface area (Å²) >= 11 is 3.09. The van der Waals surface area contributed by atoms with Gasteiger partial charge in [0.05, 0.1) is 0 Å². The van der Waals surface area contributed by atoms with Crippen LogP contribution in [0.4, 0.5) is 0 Å². The Kier molecular flexibility index (Phi) is 4.24. The Morgan fingerprint density at radius 1 is 1.56 bits per heavy atom. The van der Waals surface area contributed by atoms with E-state index in [0.29, 0.717) is 4.48 Å². The average molecular weight is 288 g/mol. The third kappa shape index (κ3) is 3.85. The average Bonchev–Trinajstić information content (AvgIpc) is 2.19. The first kappa shape index (κ1) is 12.4. The normalized spacial score (nSPS) is 9.81. The van der Waals surface area contributed by atoms with E-state index >= 15 is 0 Å². The van der Waals surface area contributed by atoms with Crippen molar-refractivity contribution in [3.8, 4) is 0 Å². The first-order chi connectivity index (χ1) is 7.49. The Hall–Kier alpha value is -1.63. The molecule has 0 saturated heterocycles. The number of rotatable bonds is 4. The molecule has 0 bridgehead atoms. The standard InChI is InChI=1S/C9H10BrN3O3/c1-6(10)4-11-8(15)5-13-3-2-7(14)12-9(13)16/h2-3H,1,4-5H2,(H,11,15)(H,12,14,16). The first-order valence-electron chi connectivity index (χ1n) is 4.39. The van der Waals surface area contributed by atoms with Gasteiger partial charge in [-0.25, -0.2) is 4.79 Å². The molecule has 0 aliphatic heterocycles. The molecule has 16 heavy (non-hydrogen) atoms. The van der Waals surface area contributed by atoms with Crippen LogP contribution in [0, 0.1) is 0 Å². The van der Waals surface area contributed by atoms with Crippen LogP contribution in [0.25, 0.3) is 0 Å². The van der Waals surface area contributed by atoms with Gasteiger partial charge in [0, 0.05) is 23.3 Å². The van der Waals surface area contributed by atoms with Crippen molar-refractivity contribution in [2.45, 2.75) is 6.54 Å². The van der Waals surface area contributed by atoms with E-state index in [-0.39, 0.29) is 19.0 Å². The highest BCUT2D eigenvalue weighted by Gasteiger charge is 2.03. The van der Waals surface area contributed by atoms with Gasteiger partial charge in [0.25, 0.3) is 5.56 Å². The maximum Gasteiger partial charge on any atom is 0.328 e. The molecule has 0 unspecified atom stereocenters. The van der Waals surface area contributed by atoms with Gasteiger partial charge in [0.15, 0.2) is 0 Å². The third-order valence-electron chi connectivity index (χ3n) is 1.69. The fourth-order valence-electron chi connectivity index (χ4n) is 0.974. The lowest BCUT2D eigenvalue weighted by atomic mass is 10.5. The van der Waals surface area contributed by atoms with E-state index in [0.717, 1.165) is 4.57 Å². The van der Waals surface area contributed by atoms with E-state index in [1.165, 1.54) is 12.3 Å². The predicted molar refractivity (Wildman–Crippen MR) is 62.4 cm³/mol. The summed E-state index contributed by atoms with van der Waals surface area (Å²) in [4.78, 5) is 35.4. The number of H-pyrrole nitrogens is 1. The SMILES string of the molecule is C=C(Br)CNC(=O)Cn1ccc(=O)[nH]c1=O. The van der Waals surface area contributed by atoms with Crippen LogP contribution >= 0.6 is 15.9 Å². The Morgan fingerprint density at radius 3 is 2.81 bits per heavy atom. The Morgan fingerprint density at radius 2 is 2.25 bits per heavy atom. The summed E-state index contributed by atoms with van der Waals surface area (Å²) in [5.41, 5.74) is -1.10. The number of amides is 1. The lowest BCUT2D eigenvalue weighted by Crippen LogP contribution is -2.35. The Labute approximate surface area is 99.1 Å². The molecule has 2 N–H and O–H groups in total. The van der Waals surface area contributed by atoms with Crippen LogP contribution in [0.15, 0.2) is 32.9 Å². The summed E-state index contributed by atoms with van der Waals surface area (Å²) < 4.78 is 1.74. The number of nitrogens with zero attached hydrogens (tertiary/aromatic N) is 1. The quantitative estimate of drug-likeness (QED) is 0.788. The molecule has 0 atom stereocenters. The molecule has 0 spiro atoms. The van der Waals surface area contributed by atoms with Gasteiger partial charge < -0.3 is 5.32 Å². The molecular weight excluding hydrogens is 278 g/mol. The fraction of sp³-hybridized carbons (Fsp3) is 0.222. The first-order valence-corrected chi connectivity index (χ1v) is 5.18. The molecular formula is C9H10BrN3O3. The molecule has 1 amide bonds. The summed E-state index contributed by atoms with van der Waals surface area (Å²) in [6, 6.07) is 1.18. The molecule has 1 heterocycles. The number of nitrogens with one attached hydrogen (secondary N) is 2. The van der Waals surface area contributed by atoms with Crippen LogP contribution in [0.1, 0.15) is 0 Å². The second kappa shape index (κ2) is 5.45. The zero-order chi connectivity index (χ0) is 12.1. The number of carbonyl (C=O) groups is 1. The molecule has 0 aliphatic rings. The number of aromatic amines is 1. The van der Waals surface area contributed by atoms with E-state index in [4.69, 9.17) is 0 Å². The monoisotopic (exact) mass is 287 g/mol. The lowest BCUT2D eigenvalue weighted by Gasteiger charge is -2.05. The zero-order valence-electron chi connectivity index (χ0n) is 8.33. The van der Waals surface area contributed by atoms with Gasteiger partial charge >= 0.3 is 5.69 Å². The van der Waals surface area contributed by atoms with Crippen LogP contribution in [0.3, 0.4) is 0 Å². The van der Waals surface area contributed by atoms with Crippen LogP contribution in [-0.4, -0.2) is 22.0 Å². The number of halogens is 1. The Bertz CT molecular complexity index is 517. The van der Waals surface area contributed by atoms with Crippen molar-refractivity contribution < 1.29 is 4.79 Å². The molecule has 1 rings (SSSR count). The van der Waals surface area contributed by atoms with Crippen LogP contribution in [-0.2, 0) is 11.3 Å². The minimum absolute atomic E-state index is 0.143. The fourth-order valence-corrected chi connectivity index (χ4v) is 1.11. The molecule has 0 aliphatic carbocycles. The lowest BCUT2D eigenvalue weighted by molar-refractivity contribution is -0.121. The third-order valence-corrected chi connectivity index (χ3v) is 1.97. The number of hydrogen-bond acceptors (Lipinski definition) is 3. The number of hydrogen-bond donors (Lipinski definition) is 2. The van der Waals surface area contributed by atoms with Crippen molar-refractivity contribution in [3.05, 3.63) is 44.2 Å². The second-order valence-electron chi connectivity index (χ2n) is 3.03. The van der Waals surface area contributed by atoms with E-state index in [1.54, 1.807) is 0 Å². The summed E-state index contributed by atoms with van der Waals surface area (Å²) in [5.74, 6) is -0.338. The van der Waals surface area contributed by atoms with Crippen LogP contribution < -0.4 is 16.6 Å². The van der Waals surface area contributed by atoms with E-state index < -0.39 is 11.2 Å². The van der Waals surface area contributed by atoms with Crippen molar-refractivity contribution in [2.24, 2.45) is 0 Å². The van der Waals surface area contributed by atoms with Gasteiger partial charge in [-0.1, -0.05) is 22.5 Å². The summed E-state index contributed by atoms with van der Waals surface area (Å²) in [6.07, 6.45) is 1.27. The number of carbonyl (C=O) groups excluding carboxylic acids is 1. The predicted octanol–water partition coefficient (Wildman–Crippen LogP) is -0.439. The number of aromatic nitrogens is 2. The summed E-state index contributed by atoms with van der Waals surface area (Å²) in [5, 5.41) is 2.54. The van der Waals surface area contributed by atoms with Crippen LogP contribution in [0.2, 0.25) is 0 Å². The van der Waals surface area contributed by atoms with E-state index in [1.807, 2.05) is 0 Å². The molecule has 86 valence electrons. The zero-order valence-corrected chi connectivity index (χ0v) is 9.91. The molecule has 0 radical (unpaired) electrons. The van der Waals surface area contributed by atoms with Crippen molar-refractivity contribution >= 4 is 21.8 Å². The van der Waals surface area contributed by atoms with Gasteiger partial charge in [-0.3, -0.25) is 19.1 Å². The minimum Gasteiger partial charge on any atom is -0.350 e. The summed E-state index contributed by atoms with van der Waals surface area (Å²) in [7, 11) is 0. The molecule has 0 saturated carbocycles. The molecule has 6 nitrogen and oxygen atoms in total. The largest absolute Gasteiger partial charge is 0.350 e. The Balaban J connectivity index is 2.66. The molecule has 0 fully saturated rings. The van der Waals surface area contributed by atoms with Gasteiger partial charge in [-0.2, -0.15) is 0 Å². The smallest absolute Gasteiger partial charge is 0.328 e. The highest BCUT2D eigenvalue weighted by molar-refractivity contribution is 9.11.